The lowest BCUT2D eigenvalue weighted by atomic mass is 10.2. The molecule has 0 aliphatic heterocycles. The molecule has 152 valence electrons. The van der Waals surface area contributed by atoms with Crippen LogP contribution in [0.4, 0.5) is 5.69 Å². The van der Waals surface area contributed by atoms with E-state index < -0.39 is 22.0 Å². The number of methoxy groups -OCH3 is 1. The molecule has 2 aromatic rings. The van der Waals surface area contributed by atoms with Crippen molar-refractivity contribution in [2.75, 3.05) is 24.3 Å². The largest absolute Gasteiger partial charge is 0.497 e. The van der Waals surface area contributed by atoms with Gasteiger partial charge in [0.25, 0.3) is 0 Å². The van der Waals surface area contributed by atoms with Gasteiger partial charge in [0.05, 0.1) is 25.1 Å². The molecule has 8 heteroatoms. The summed E-state index contributed by atoms with van der Waals surface area (Å²) in [6, 6.07) is 14.4. The second-order valence-corrected chi connectivity index (χ2v) is 8.33. The van der Waals surface area contributed by atoms with Crippen LogP contribution in [0.2, 0.25) is 0 Å². The Hall–Kier alpha value is -2.74. The number of sulfonamides is 1. The molecule has 0 saturated carbocycles. The summed E-state index contributed by atoms with van der Waals surface area (Å²) in [5, 5.41) is 2.80. The molecule has 2 aromatic carbocycles. The van der Waals surface area contributed by atoms with Crippen molar-refractivity contribution in [1.82, 2.24) is 5.32 Å². The first-order valence-corrected chi connectivity index (χ1v) is 10.7. The van der Waals surface area contributed by atoms with E-state index in [-0.39, 0.29) is 12.6 Å². The van der Waals surface area contributed by atoms with Gasteiger partial charge in [-0.3, -0.25) is 9.10 Å². The van der Waals surface area contributed by atoms with E-state index in [1.165, 1.54) is 0 Å². The topological polar surface area (TPSA) is 84.9 Å². The van der Waals surface area contributed by atoms with E-state index in [0.29, 0.717) is 11.4 Å². The Morgan fingerprint density at radius 1 is 1.04 bits per heavy atom. The van der Waals surface area contributed by atoms with Crippen LogP contribution in [0.1, 0.15) is 13.8 Å². The fourth-order valence-electron chi connectivity index (χ4n) is 2.68. The van der Waals surface area contributed by atoms with E-state index in [9.17, 15) is 13.2 Å². The molecule has 2 rings (SSSR count). The van der Waals surface area contributed by atoms with Crippen LogP contribution < -0.4 is 19.1 Å². The Morgan fingerprint density at radius 2 is 1.61 bits per heavy atom. The van der Waals surface area contributed by atoms with Crippen LogP contribution in [-0.2, 0) is 14.8 Å². The summed E-state index contributed by atoms with van der Waals surface area (Å²) in [7, 11) is -2.04. The van der Waals surface area contributed by atoms with Crippen LogP contribution >= 0.6 is 0 Å². The zero-order valence-corrected chi connectivity index (χ0v) is 17.3. The number of nitrogens with one attached hydrogen (secondary N) is 1. The Morgan fingerprint density at radius 3 is 2.14 bits per heavy atom. The number of carbonyl (C=O) groups is 1. The van der Waals surface area contributed by atoms with Crippen molar-refractivity contribution in [1.29, 1.82) is 0 Å². The standard InChI is InChI=1S/C20H26N2O5S/c1-15(14-27-19-12-10-18(26-3)11-13-19)21-20(23)16(2)22(28(4,24)25)17-8-6-5-7-9-17/h5-13,15-16H,14H2,1-4H3,(H,21,23)/t15-,16+/m0/s1. The summed E-state index contributed by atoms with van der Waals surface area (Å²) in [5.74, 6) is 0.974. The van der Waals surface area contributed by atoms with E-state index >= 15 is 0 Å². The van der Waals surface area contributed by atoms with Crippen LogP contribution in [0.5, 0.6) is 11.5 Å². The van der Waals surface area contributed by atoms with Crippen molar-refractivity contribution in [3.63, 3.8) is 0 Å². The fraction of sp³-hybridized carbons (Fsp3) is 0.350. The number of hydrogen-bond acceptors (Lipinski definition) is 5. The molecule has 2 atom stereocenters. The summed E-state index contributed by atoms with van der Waals surface area (Å²) in [6.07, 6.45) is 1.08. The van der Waals surface area contributed by atoms with Crippen LogP contribution in [-0.4, -0.2) is 46.4 Å². The van der Waals surface area contributed by atoms with Crippen molar-refractivity contribution in [3.05, 3.63) is 54.6 Å². The van der Waals surface area contributed by atoms with Gasteiger partial charge >= 0.3 is 0 Å². The average Bonchev–Trinajstić information content (AvgIpc) is 2.66. The number of hydrogen-bond donors (Lipinski definition) is 1. The van der Waals surface area contributed by atoms with Gasteiger partial charge in [-0.25, -0.2) is 8.42 Å². The zero-order chi connectivity index (χ0) is 20.7. The first-order chi connectivity index (χ1) is 13.2. The summed E-state index contributed by atoms with van der Waals surface area (Å²) >= 11 is 0. The van der Waals surface area contributed by atoms with Crippen molar-refractivity contribution in [2.24, 2.45) is 0 Å². The molecule has 0 heterocycles. The predicted octanol–water partition coefficient (Wildman–Crippen LogP) is 2.43. The van der Waals surface area contributed by atoms with E-state index in [1.807, 2.05) is 0 Å². The minimum atomic E-state index is -3.63. The van der Waals surface area contributed by atoms with Crippen molar-refractivity contribution in [2.45, 2.75) is 25.9 Å². The summed E-state index contributed by atoms with van der Waals surface area (Å²) in [6.45, 7) is 3.59. The number of rotatable bonds is 9. The lowest BCUT2D eigenvalue weighted by Crippen LogP contribution is -2.50. The molecule has 0 unspecified atom stereocenters. The van der Waals surface area contributed by atoms with Gasteiger partial charge in [0.15, 0.2) is 0 Å². The van der Waals surface area contributed by atoms with Gasteiger partial charge in [0.2, 0.25) is 15.9 Å². The maximum absolute atomic E-state index is 12.6. The van der Waals surface area contributed by atoms with E-state index in [4.69, 9.17) is 9.47 Å². The normalized spacial score (nSPS) is 13.3. The second-order valence-electron chi connectivity index (χ2n) is 6.47. The van der Waals surface area contributed by atoms with Gasteiger partial charge in [0.1, 0.15) is 24.1 Å². The van der Waals surface area contributed by atoms with Gasteiger partial charge in [0, 0.05) is 0 Å². The van der Waals surface area contributed by atoms with Gasteiger partial charge < -0.3 is 14.8 Å². The van der Waals surface area contributed by atoms with Gasteiger partial charge in [-0.05, 0) is 50.2 Å². The second kappa shape index (κ2) is 9.45. The highest BCUT2D eigenvalue weighted by Crippen LogP contribution is 2.20. The molecule has 0 radical (unpaired) electrons. The molecular weight excluding hydrogens is 380 g/mol. The highest BCUT2D eigenvalue weighted by atomic mass is 32.2. The van der Waals surface area contributed by atoms with E-state index in [2.05, 4.69) is 5.32 Å². The smallest absolute Gasteiger partial charge is 0.243 e. The molecule has 1 amide bonds. The summed E-state index contributed by atoms with van der Waals surface area (Å²) in [5.41, 5.74) is 0.440. The summed E-state index contributed by atoms with van der Waals surface area (Å²) < 4.78 is 36.3. The van der Waals surface area contributed by atoms with E-state index in [1.54, 1.807) is 75.6 Å². The number of anilines is 1. The fourth-order valence-corrected chi connectivity index (χ4v) is 3.86. The third-order valence-electron chi connectivity index (χ3n) is 4.05. The third kappa shape index (κ3) is 5.88. The molecule has 7 nitrogen and oxygen atoms in total. The Kier molecular flexibility index (Phi) is 7.28. The third-order valence-corrected chi connectivity index (χ3v) is 5.29. The minimum Gasteiger partial charge on any atom is -0.497 e. The highest BCUT2D eigenvalue weighted by Gasteiger charge is 2.29. The van der Waals surface area contributed by atoms with Crippen LogP contribution in [0.25, 0.3) is 0 Å². The molecule has 0 aromatic heterocycles. The molecular formula is C20H26N2O5S. The monoisotopic (exact) mass is 406 g/mol. The van der Waals surface area contributed by atoms with Gasteiger partial charge in [-0.1, -0.05) is 18.2 Å². The predicted molar refractivity (Wildman–Crippen MR) is 109 cm³/mol. The Bertz CT molecular complexity index is 869. The molecule has 0 saturated heterocycles. The van der Waals surface area contributed by atoms with Gasteiger partial charge in [-0.2, -0.15) is 0 Å². The molecule has 0 bridgehead atoms. The number of para-hydroxylation sites is 1. The molecule has 0 fully saturated rings. The van der Waals surface area contributed by atoms with Gasteiger partial charge in [-0.15, -0.1) is 0 Å². The number of ether oxygens (including phenoxy) is 2. The lowest BCUT2D eigenvalue weighted by molar-refractivity contribution is -0.122. The zero-order valence-electron chi connectivity index (χ0n) is 16.5. The van der Waals surface area contributed by atoms with Crippen molar-refractivity contribution < 1.29 is 22.7 Å². The maximum atomic E-state index is 12.6. The number of nitrogens with zero attached hydrogens (tertiary/aromatic N) is 1. The molecule has 0 spiro atoms. The first kappa shape index (κ1) is 21.6. The number of benzene rings is 2. The SMILES string of the molecule is COc1ccc(OC[C@H](C)NC(=O)[C@@H](C)N(c2ccccc2)S(C)(=O)=O)cc1. The molecule has 0 aliphatic rings. The first-order valence-electron chi connectivity index (χ1n) is 8.84. The van der Waals surface area contributed by atoms with Crippen LogP contribution in [0.3, 0.4) is 0 Å². The lowest BCUT2D eigenvalue weighted by Gasteiger charge is -2.29. The Balaban J connectivity index is 1.99. The number of carbonyl (C=O) groups excluding carboxylic acids is 1. The van der Waals surface area contributed by atoms with Crippen molar-refractivity contribution in [3.8, 4) is 11.5 Å². The average molecular weight is 407 g/mol. The molecule has 1 N–H and O–H groups in total. The van der Waals surface area contributed by atoms with Crippen molar-refractivity contribution >= 4 is 21.6 Å². The highest BCUT2D eigenvalue weighted by molar-refractivity contribution is 7.92. The van der Waals surface area contributed by atoms with Crippen LogP contribution in [0.15, 0.2) is 54.6 Å². The minimum absolute atomic E-state index is 0.245. The Labute approximate surface area is 166 Å². The van der Waals surface area contributed by atoms with Crippen LogP contribution in [0, 0.1) is 0 Å². The molecule has 0 aliphatic carbocycles. The van der Waals surface area contributed by atoms with E-state index in [0.717, 1.165) is 16.3 Å². The molecule has 28 heavy (non-hydrogen) atoms. The number of amides is 1. The quantitative estimate of drug-likeness (QED) is 0.691. The maximum Gasteiger partial charge on any atom is 0.243 e. The summed E-state index contributed by atoms with van der Waals surface area (Å²) in [4.78, 5) is 12.6.